The Morgan fingerprint density at radius 3 is 1.92 bits per heavy atom. The van der Waals surface area contributed by atoms with Crippen molar-refractivity contribution in [2.45, 2.75) is 102 Å². The minimum Gasteiger partial charge on any atom is -0.452 e. The first-order valence-corrected chi connectivity index (χ1v) is 12.4. The molecule has 5 nitrogen and oxygen atoms in total. The highest BCUT2D eigenvalue weighted by atomic mass is 28.4. The summed E-state index contributed by atoms with van der Waals surface area (Å²) in [5.74, 6) is 0.134. The van der Waals surface area contributed by atoms with E-state index in [2.05, 4.69) is 41.5 Å². The maximum absolute atomic E-state index is 12.9. The Labute approximate surface area is 159 Å². The number of ether oxygens (including phenoxy) is 1. The number of methoxy groups -OCH3 is 1. The van der Waals surface area contributed by atoms with Crippen molar-refractivity contribution in [3.63, 3.8) is 0 Å². The summed E-state index contributed by atoms with van der Waals surface area (Å²) in [5, 5.41) is 0. The van der Waals surface area contributed by atoms with Crippen molar-refractivity contribution in [2.24, 2.45) is 5.92 Å². The van der Waals surface area contributed by atoms with Gasteiger partial charge < -0.3 is 9.16 Å². The number of β-lactam (4-membered cyclic amide) rings is 1. The highest BCUT2D eigenvalue weighted by molar-refractivity contribution is 6.77. The molecule has 26 heavy (non-hydrogen) atoms. The highest BCUT2D eigenvalue weighted by Gasteiger charge is 2.59. The summed E-state index contributed by atoms with van der Waals surface area (Å²) in [4.78, 5) is 26.4. The normalized spacial score (nSPS) is 25.2. The molecule has 0 bridgehead atoms. The van der Waals surface area contributed by atoms with Crippen molar-refractivity contribution < 1.29 is 18.8 Å². The average molecular weight is 384 g/mol. The maximum Gasteiger partial charge on any atom is 0.416 e. The third-order valence-electron chi connectivity index (χ3n) is 6.63. The first-order valence-electron chi connectivity index (χ1n) is 10.3. The zero-order chi connectivity index (χ0) is 19.6. The number of nitrogens with zero attached hydrogens (tertiary/aromatic N) is 1. The summed E-state index contributed by atoms with van der Waals surface area (Å²) in [7, 11) is -0.837. The van der Waals surface area contributed by atoms with E-state index in [0.717, 1.165) is 25.7 Å². The van der Waals surface area contributed by atoms with E-state index in [0.29, 0.717) is 22.5 Å². The molecule has 0 radical (unpaired) electrons. The molecular formula is C20H37NO4Si. The number of carbonyl (C=O) groups excluding carboxylic acids is 2. The molecule has 0 spiro atoms. The Balaban J connectivity index is 2.32. The fourth-order valence-electron chi connectivity index (χ4n) is 5.48. The van der Waals surface area contributed by atoms with Gasteiger partial charge in [0.05, 0.1) is 13.2 Å². The second kappa shape index (κ2) is 8.42. The number of amides is 2. The van der Waals surface area contributed by atoms with E-state index in [9.17, 15) is 9.59 Å². The molecule has 2 aliphatic rings. The van der Waals surface area contributed by atoms with Crippen LogP contribution in [0.2, 0.25) is 16.6 Å². The van der Waals surface area contributed by atoms with Crippen molar-refractivity contribution in [3.8, 4) is 0 Å². The van der Waals surface area contributed by atoms with Gasteiger partial charge in [0, 0.05) is 0 Å². The molecule has 1 saturated carbocycles. The van der Waals surface area contributed by atoms with E-state index < -0.39 is 20.5 Å². The van der Waals surface area contributed by atoms with Crippen molar-refractivity contribution in [2.75, 3.05) is 7.11 Å². The number of carbonyl (C=O) groups is 2. The smallest absolute Gasteiger partial charge is 0.416 e. The van der Waals surface area contributed by atoms with Gasteiger partial charge in [-0.15, -0.1) is 0 Å². The van der Waals surface area contributed by atoms with Crippen LogP contribution in [-0.2, 0) is 14.0 Å². The largest absolute Gasteiger partial charge is 0.452 e. The van der Waals surface area contributed by atoms with Gasteiger partial charge in [-0.2, -0.15) is 0 Å². The third kappa shape index (κ3) is 3.59. The van der Waals surface area contributed by atoms with Crippen LogP contribution < -0.4 is 0 Å². The van der Waals surface area contributed by atoms with Crippen LogP contribution in [0, 0.1) is 5.92 Å². The molecule has 150 valence electrons. The second-order valence-corrected chi connectivity index (χ2v) is 14.3. The average Bonchev–Trinajstić information content (AvgIpc) is 2.59. The van der Waals surface area contributed by atoms with Gasteiger partial charge in [-0.25, -0.2) is 9.69 Å². The quantitative estimate of drug-likeness (QED) is 0.473. The molecule has 0 aromatic carbocycles. The Hall–Kier alpha value is -0.883. The third-order valence-corrected chi connectivity index (χ3v) is 12.7. The minimum absolute atomic E-state index is 0.154. The van der Waals surface area contributed by atoms with Gasteiger partial charge in [0.2, 0.25) is 8.32 Å². The van der Waals surface area contributed by atoms with E-state index in [1.165, 1.54) is 18.4 Å². The molecular weight excluding hydrogens is 346 g/mol. The van der Waals surface area contributed by atoms with Crippen LogP contribution in [0.1, 0.15) is 73.6 Å². The maximum atomic E-state index is 12.9. The van der Waals surface area contributed by atoms with Crippen molar-refractivity contribution in [3.05, 3.63) is 0 Å². The number of imide groups is 1. The van der Waals surface area contributed by atoms with Crippen LogP contribution in [0.5, 0.6) is 0 Å². The van der Waals surface area contributed by atoms with Crippen LogP contribution in [0.25, 0.3) is 0 Å². The van der Waals surface area contributed by atoms with Crippen LogP contribution in [0.4, 0.5) is 4.79 Å². The van der Waals surface area contributed by atoms with Gasteiger partial charge >= 0.3 is 6.09 Å². The van der Waals surface area contributed by atoms with Crippen LogP contribution in [0.3, 0.4) is 0 Å². The SMILES string of the molecule is COC(=O)N1C(=O)[C@H](O[Si](C(C)C)(C(C)C)C(C)C)[C@@H]1C1CCCCC1. The summed E-state index contributed by atoms with van der Waals surface area (Å²) in [6, 6.07) is -0.154. The van der Waals surface area contributed by atoms with Crippen molar-refractivity contribution in [1.29, 1.82) is 0 Å². The van der Waals surface area contributed by atoms with Gasteiger partial charge in [0.1, 0.15) is 6.10 Å². The second-order valence-electron chi connectivity index (χ2n) is 8.92. The molecule has 1 aliphatic carbocycles. The summed E-state index contributed by atoms with van der Waals surface area (Å²) >= 11 is 0. The first kappa shape index (κ1) is 21.4. The number of likely N-dealkylation sites (tertiary alicyclic amines) is 1. The standard InChI is InChI=1S/C20H37NO4Si/c1-13(2)26(14(3)4,15(5)6)25-18-17(16-11-9-8-10-12-16)21(19(18)22)20(23)24-7/h13-18H,8-12H2,1-7H3/t17-,18+/m0/s1. The van der Waals surface area contributed by atoms with Gasteiger partial charge in [-0.05, 0) is 35.4 Å². The molecule has 0 aromatic rings. The van der Waals surface area contributed by atoms with E-state index in [-0.39, 0.29) is 11.9 Å². The van der Waals surface area contributed by atoms with Crippen molar-refractivity contribution in [1.82, 2.24) is 4.90 Å². The lowest BCUT2D eigenvalue weighted by atomic mass is 9.77. The molecule has 2 amide bonds. The lowest BCUT2D eigenvalue weighted by Crippen LogP contribution is -2.72. The van der Waals surface area contributed by atoms with Gasteiger partial charge in [0.15, 0.2) is 0 Å². The zero-order valence-electron chi connectivity index (χ0n) is 17.6. The van der Waals surface area contributed by atoms with Crippen LogP contribution in [0.15, 0.2) is 0 Å². The molecule has 0 unspecified atom stereocenters. The predicted molar refractivity (Wildman–Crippen MR) is 106 cm³/mol. The molecule has 1 heterocycles. The summed E-state index contributed by atoms with van der Waals surface area (Å²) in [6.07, 6.45) is 4.68. The molecule has 0 N–H and O–H groups in total. The van der Waals surface area contributed by atoms with E-state index in [1.54, 1.807) is 0 Å². The van der Waals surface area contributed by atoms with Crippen molar-refractivity contribution >= 4 is 20.3 Å². The predicted octanol–water partition coefficient (Wildman–Crippen LogP) is 5.10. The Bertz CT molecular complexity index is 492. The molecule has 2 atom stereocenters. The van der Waals surface area contributed by atoms with Crippen LogP contribution >= 0.6 is 0 Å². The van der Waals surface area contributed by atoms with Gasteiger partial charge in [-0.1, -0.05) is 60.8 Å². The Morgan fingerprint density at radius 1 is 1.00 bits per heavy atom. The molecule has 1 saturated heterocycles. The Morgan fingerprint density at radius 2 is 1.50 bits per heavy atom. The molecule has 2 rings (SSSR count). The highest BCUT2D eigenvalue weighted by Crippen LogP contribution is 2.47. The lowest BCUT2D eigenvalue weighted by Gasteiger charge is -2.54. The minimum atomic E-state index is -2.18. The number of hydrogen-bond donors (Lipinski definition) is 0. The van der Waals surface area contributed by atoms with E-state index in [1.807, 2.05) is 0 Å². The summed E-state index contributed by atoms with van der Waals surface area (Å²) < 4.78 is 11.7. The lowest BCUT2D eigenvalue weighted by molar-refractivity contribution is -0.165. The molecule has 6 heteroatoms. The van der Waals surface area contributed by atoms with Crippen LogP contribution in [-0.4, -0.2) is 44.5 Å². The monoisotopic (exact) mass is 383 g/mol. The Kier molecular flexibility index (Phi) is 6.94. The fraction of sp³-hybridized carbons (Fsp3) is 0.900. The summed E-state index contributed by atoms with van der Waals surface area (Å²) in [5.41, 5.74) is 1.23. The zero-order valence-corrected chi connectivity index (χ0v) is 18.6. The van der Waals surface area contributed by atoms with Gasteiger partial charge in [0.25, 0.3) is 5.91 Å². The fourth-order valence-corrected chi connectivity index (χ4v) is 11.0. The number of hydrogen-bond acceptors (Lipinski definition) is 4. The number of rotatable bonds is 6. The molecule has 2 fully saturated rings. The summed E-state index contributed by atoms with van der Waals surface area (Å²) in [6.45, 7) is 13.4. The van der Waals surface area contributed by atoms with Gasteiger partial charge in [-0.3, -0.25) is 4.79 Å². The topological polar surface area (TPSA) is 55.8 Å². The van der Waals surface area contributed by atoms with E-state index >= 15 is 0 Å². The molecule has 0 aromatic heterocycles. The molecule has 1 aliphatic heterocycles. The van der Waals surface area contributed by atoms with E-state index in [4.69, 9.17) is 9.16 Å². The first-order chi connectivity index (χ1) is 12.2.